The first-order valence-electron chi connectivity index (χ1n) is 14.3. The van der Waals surface area contributed by atoms with Crippen molar-refractivity contribution in [2.45, 2.75) is 117 Å². The van der Waals surface area contributed by atoms with E-state index in [1.807, 2.05) is 6.07 Å². The lowest BCUT2D eigenvalue weighted by atomic mass is 9.82. The molecule has 0 aromatic heterocycles. The summed E-state index contributed by atoms with van der Waals surface area (Å²) in [5, 5.41) is 24.2. The standard InChI is InChI=1S/C34H48O2/c1-6-8-10-12-16-27-22-25(23-31(33(27)36)34(3,4)5)20-21-26-24-28(17-13-11-9-7-2)32(35)30-19-15-14-18-29(26)30/h14-15,18-19,22-24,35-36H,6-13,16-17,20-21H2,1-5H3. The van der Waals surface area contributed by atoms with E-state index in [0.717, 1.165) is 66.0 Å². The van der Waals surface area contributed by atoms with E-state index in [9.17, 15) is 10.2 Å². The summed E-state index contributed by atoms with van der Waals surface area (Å²) in [5.41, 5.74) is 5.74. The lowest BCUT2D eigenvalue weighted by molar-refractivity contribution is 0.438. The van der Waals surface area contributed by atoms with Crippen LogP contribution in [0.3, 0.4) is 0 Å². The van der Waals surface area contributed by atoms with Gasteiger partial charge in [-0.1, -0.05) is 116 Å². The van der Waals surface area contributed by atoms with Gasteiger partial charge in [-0.3, -0.25) is 0 Å². The summed E-state index contributed by atoms with van der Waals surface area (Å²) in [4.78, 5) is 0. The van der Waals surface area contributed by atoms with Gasteiger partial charge in [0.2, 0.25) is 0 Å². The monoisotopic (exact) mass is 488 g/mol. The summed E-state index contributed by atoms with van der Waals surface area (Å²) in [6.45, 7) is 11.0. The third kappa shape index (κ3) is 7.28. The van der Waals surface area contributed by atoms with Crippen molar-refractivity contribution in [1.82, 2.24) is 0 Å². The predicted octanol–water partition coefficient (Wildman–Crippen LogP) is 9.58. The second-order valence-electron chi connectivity index (χ2n) is 11.6. The van der Waals surface area contributed by atoms with Crippen LogP contribution in [0.5, 0.6) is 11.5 Å². The van der Waals surface area contributed by atoms with Gasteiger partial charge >= 0.3 is 0 Å². The molecular formula is C34H48O2. The Hall–Kier alpha value is -2.48. The molecule has 0 aliphatic heterocycles. The Morgan fingerprint density at radius 2 is 1.17 bits per heavy atom. The summed E-state index contributed by atoms with van der Waals surface area (Å²) in [5.74, 6) is 0.951. The third-order valence-corrected chi connectivity index (χ3v) is 7.52. The van der Waals surface area contributed by atoms with Crippen molar-refractivity contribution < 1.29 is 10.2 Å². The van der Waals surface area contributed by atoms with Crippen LogP contribution in [-0.2, 0) is 31.1 Å². The van der Waals surface area contributed by atoms with E-state index in [4.69, 9.17) is 0 Å². The van der Waals surface area contributed by atoms with E-state index >= 15 is 0 Å². The van der Waals surface area contributed by atoms with E-state index in [2.05, 4.69) is 71.0 Å². The smallest absolute Gasteiger partial charge is 0.126 e. The SMILES string of the molecule is CCCCCCc1cc(CCc2cc(CCCCCC)c(O)c3ccccc23)cc(C(C)(C)C)c1O. The van der Waals surface area contributed by atoms with E-state index in [1.165, 1.54) is 49.7 Å². The lowest BCUT2D eigenvalue weighted by Gasteiger charge is -2.24. The van der Waals surface area contributed by atoms with Crippen LogP contribution < -0.4 is 0 Å². The first kappa shape index (κ1) is 28.1. The van der Waals surface area contributed by atoms with Gasteiger partial charge in [-0.25, -0.2) is 0 Å². The maximum absolute atomic E-state index is 11.1. The van der Waals surface area contributed by atoms with Crippen LogP contribution in [0.1, 0.15) is 114 Å². The summed E-state index contributed by atoms with van der Waals surface area (Å²) in [6, 6.07) is 15.0. The highest BCUT2D eigenvalue weighted by Gasteiger charge is 2.21. The van der Waals surface area contributed by atoms with Crippen LogP contribution in [0.15, 0.2) is 42.5 Å². The van der Waals surface area contributed by atoms with Crippen LogP contribution >= 0.6 is 0 Å². The highest BCUT2D eigenvalue weighted by molar-refractivity contribution is 5.92. The fraction of sp³-hybridized carbons (Fsp3) is 0.529. The number of unbranched alkanes of at least 4 members (excludes halogenated alkanes) is 6. The molecule has 0 heterocycles. The Morgan fingerprint density at radius 1 is 0.583 bits per heavy atom. The molecule has 36 heavy (non-hydrogen) atoms. The molecule has 0 unspecified atom stereocenters. The molecule has 0 saturated carbocycles. The molecule has 3 aromatic rings. The highest BCUT2D eigenvalue weighted by Crippen LogP contribution is 2.37. The van der Waals surface area contributed by atoms with Crippen LogP contribution in [-0.4, -0.2) is 10.2 Å². The van der Waals surface area contributed by atoms with Crippen molar-refractivity contribution in [3.63, 3.8) is 0 Å². The fourth-order valence-corrected chi connectivity index (χ4v) is 5.33. The zero-order chi connectivity index (χ0) is 26.1. The van der Waals surface area contributed by atoms with Crippen LogP contribution in [0.2, 0.25) is 0 Å². The number of rotatable bonds is 13. The molecule has 196 valence electrons. The van der Waals surface area contributed by atoms with E-state index < -0.39 is 0 Å². The number of aryl methyl sites for hydroxylation is 4. The van der Waals surface area contributed by atoms with Crippen LogP contribution in [0, 0.1) is 0 Å². The third-order valence-electron chi connectivity index (χ3n) is 7.52. The molecule has 2 heteroatoms. The van der Waals surface area contributed by atoms with Gasteiger partial charge in [-0.15, -0.1) is 0 Å². The van der Waals surface area contributed by atoms with Crippen LogP contribution in [0.25, 0.3) is 10.8 Å². The average Bonchev–Trinajstić information content (AvgIpc) is 2.85. The molecule has 0 atom stereocenters. The Morgan fingerprint density at radius 3 is 1.75 bits per heavy atom. The van der Waals surface area contributed by atoms with Crippen molar-refractivity contribution in [3.05, 3.63) is 70.3 Å². The quantitative estimate of drug-likeness (QED) is 0.235. The van der Waals surface area contributed by atoms with Crippen molar-refractivity contribution in [2.75, 3.05) is 0 Å². The minimum atomic E-state index is -0.102. The number of hydrogen-bond acceptors (Lipinski definition) is 2. The molecule has 0 spiro atoms. The Labute approximate surface area is 219 Å². The first-order chi connectivity index (χ1) is 17.3. The first-order valence-corrected chi connectivity index (χ1v) is 14.3. The number of phenols is 2. The van der Waals surface area contributed by atoms with Crippen molar-refractivity contribution in [3.8, 4) is 11.5 Å². The number of fused-ring (bicyclic) bond motifs is 1. The molecule has 0 amide bonds. The molecule has 0 aliphatic rings. The lowest BCUT2D eigenvalue weighted by Crippen LogP contribution is -2.13. The number of phenolic OH excluding ortho intramolecular Hbond substituents is 2. The van der Waals surface area contributed by atoms with E-state index in [1.54, 1.807) is 0 Å². The maximum atomic E-state index is 11.1. The summed E-state index contributed by atoms with van der Waals surface area (Å²) >= 11 is 0. The topological polar surface area (TPSA) is 40.5 Å². The Bertz CT molecular complexity index is 1120. The molecule has 2 nitrogen and oxygen atoms in total. The second kappa shape index (κ2) is 13.2. The maximum Gasteiger partial charge on any atom is 0.126 e. The van der Waals surface area contributed by atoms with Gasteiger partial charge in [0, 0.05) is 5.39 Å². The Balaban J connectivity index is 1.89. The van der Waals surface area contributed by atoms with Crippen molar-refractivity contribution >= 4 is 10.8 Å². The molecule has 0 radical (unpaired) electrons. The van der Waals surface area contributed by atoms with Gasteiger partial charge in [0.05, 0.1) is 0 Å². The van der Waals surface area contributed by atoms with Gasteiger partial charge in [0.1, 0.15) is 11.5 Å². The summed E-state index contributed by atoms with van der Waals surface area (Å²) in [7, 11) is 0. The molecule has 2 N–H and O–H groups in total. The molecule has 3 rings (SSSR count). The van der Waals surface area contributed by atoms with Gasteiger partial charge in [-0.2, -0.15) is 0 Å². The molecule has 0 fully saturated rings. The minimum absolute atomic E-state index is 0.102. The van der Waals surface area contributed by atoms with Crippen molar-refractivity contribution in [2.24, 2.45) is 0 Å². The highest BCUT2D eigenvalue weighted by atomic mass is 16.3. The molecular weight excluding hydrogens is 440 g/mol. The summed E-state index contributed by atoms with van der Waals surface area (Å²) in [6.07, 6.45) is 13.3. The van der Waals surface area contributed by atoms with Gasteiger partial charge in [0.25, 0.3) is 0 Å². The predicted molar refractivity (Wildman–Crippen MR) is 156 cm³/mol. The average molecular weight is 489 g/mol. The van der Waals surface area contributed by atoms with Gasteiger partial charge in [0.15, 0.2) is 0 Å². The number of hydrogen-bond donors (Lipinski definition) is 2. The van der Waals surface area contributed by atoms with Crippen LogP contribution in [0.4, 0.5) is 0 Å². The molecule has 0 bridgehead atoms. The normalized spacial score (nSPS) is 11.9. The molecule has 0 aliphatic carbocycles. The van der Waals surface area contributed by atoms with Gasteiger partial charge < -0.3 is 10.2 Å². The van der Waals surface area contributed by atoms with Crippen molar-refractivity contribution in [1.29, 1.82) is 0 Å². The molecule has 3 aromatic carbocycles. The number of aromatic hydroxyl groups is 2. The van der Waals surface area contributed by atoms with Gasteiger partial charge in [-0.05, 0) is 77.1 Å². The number of benzene rings is 3. The zero-order valence-corrected chi connectivity index (χ0v) is 23.4. The molecule has 0 saturated heterocycles. The zero-order valence-electron chi connectivity index (χ0n) is 23.4. The minimum Gasteiger partial charge on any atom is -0.507 e. The second-order valence-corrected chi connectivity index (χ2v) is 11.6. The largest absolute Gasteiger partial charge is 0.507 e. The van der Waals surface area contributed by atoms with E-state index in [0.29, 0.717) is 11.5 Å². The van der Waals surface area contributed by atoms with E-state index in [-0.39, 0.29) is 5.41 Å². The fourth-order valence-electron chi connectivity index (χ4n) is 5.33. The Kier molecular flexibility index (Phi) is 10.3. The summed E-state index contributed by atoms with van der Waals surface area (Å²) < 4.78 is 0.